The molecule has 0 amide bonds. The highest BCUT2D eigenvalue weighted by Gasteiger charge is 2.36. The highest BCUT2D eigenvalue weighted by atomic mass is 32.1. The normalized spacial score (nSPS) is 32.1. The second kappa shape index (κ2) is 2.65. The molecule has 9 heavy (non-hydrogen) atoms. The lowest BCUT2D eigenvalue weighted by atomic mass is 10.2. The van der Waals surface area contributed by atoms with E-state index in [4.69, 9.17) is 5.73 Å². The van der Waals surface area contributed by atoms with E-state index in [1.807, 2.05) is 0 Å². The van der Waals surface area contributed by atoms with Crippen LogP contribution in [0.5, 0.6) is 0 Å². The maximum atomic E-state index is 5.50. The van der Waals surface area contributed by atoms with Gasteiger partial charge in [0.1, 0.15) is 0 Å². The maximum Gasteiger partial charge on any atom is 0.00419 e. The summed E-state index contributed by atoms with van der Waals surface area (Å²) in [6.07, 6.45) is 2.44. The lowest BCUT2D eigenvalue weighted by Crippen LogP contribution is -1.98. The minimum Gasteiger partial charge on any atom is -0.402 e. The Morgan fingerprint density at radius 1 is 1.78 bits per heavy atom. The van der Waals surface area contributed by atoms with Crippen LogP contribution in [0.15, 0.2) is 12.3 Å². The van der Waals surface area contributed by atoms with Crippen molar-refractivity contribution in [2.45, 2.75) is 12.8 Å². The third-order valence-corrected chi connectivity index (χ3v) is 2.16. The molecule has 0 aromatic rings. The van der Waals surface area contributed by atoms with Crippen molar-refractivity contribution in [1.82, 2.24) is 0 Å². The van der Waals surface area contributed by atoms with Gasteiger partial charge in [0.2, 0.25) is 0 Å². The van der Waals surface area contributed by atoms with Crippen LogP contribution in [-0.2, 0) is 0 Å². The van der Waals surface area contributed by atoms with Gasteiger partial charge in [0, 0.05) is 11.6 Å². The number of hydrogen-bond donors (Lipinski definition) is 2. The topological polar surface area (TPSA) is 26.0 Å². The van der Waals surface area contributed by atoms with E-state index in [1.54, 1.807) is 0 Å². The van der Waals surface area contributed by atoms with Gasteiger partial charge in [0.05, 0.1) is 0 Å². The van der Waals surface area contributed by atoms with Crippen molar-refractivity contribution >= 4 is 12.6 Å². The molecule has 1 aliphatic rings. The summed E-state index contributed by atoms with van der Waals surface area (Å²) in [5.74, 6) is 2.41. The summed E-state index contributed by atoms with van der Waals surface area (Å²) < 4.78 is 0. The second-order valence-electron chi connectivity index (χ2n) is 2.69. The fourth-order valence-electron chi connectivity index (χ4n) is 1.19. The standard InChI is InChI=1S/C7H13NS/c1-5(8)7-4-6(7)2-3-9/h6-7,9H,1-4,8H2/t6?,7-/m0/s1. The third kappa shape index (κ3) is 1.65. The van der Waals surface area contributed by atoms with Crippen LogP contribution in [0.3, 0.4) is 0 Å². The van der Waals surface area contributed by atoms with Gasteiger partial charge in [-0.2, -0.15) is 12.6 Å². The molecule has 0 heterocycles. The maximum absolute atomic E-state index is 5.50. The van der Waals surface area contributed by atoms with Gasteiger partial charge in [0.25, 0.3) is 0 Å². The SMILES string of the molecule is C=C(N)[C@@H]1CC1CCS. The number of allylic oxidation sites excluding steroid dienone is 1. The van der Waals surface area contributed by atoms with E-state index in [9.17, 15) is 0 Å². The minimum absolute atomic E-state index is 0.622. The van der Waals surface area contributed by atoms with Gasteiger partial charge in [-0.05, 0) is 24.5 Å². The summed E-state index contributed by atoms with van der Waals surface area (Å²) >= 11 is 4.14. The van der Waals surface area contributed by atoms with Gasteiger partial charge in [-0.1, -0.05) is 6.58 Å². The lowest BCUT2D eigenvalue weighted by Gasteiger charge is -1.94. The van der Waals surface area contributed by atoms with E-state index in [0.29, 0.717) is 5.92 Å². The van der Waals surface area contributed by atoms with E-state index >= 15 is 0 Å². The molecule has 0 aromatic heterocycles. The van der Waals surface area contributed by atoms with E-state index in [2.05, 4.69) is 19.2 Å². The molecule has 2 atom stereocenters. The smallest absolute Gasteiger partial charge is 0.00419 e. The monoisotopic (exact) mass is 143 g/mol. The minimum atomic E-state index is 0.622. The number of hydrogen-bond acceptors (Lipinski definition) is 2. The molecule has 0 bridgehead atoms. The number of nitrogens with two attached hydrogens (primary N) is 1. The van der Waals surface area contributed by atoms with Gasteiger partial charge in [-0.3, -0.25) is 0 Å². The second-order valence-corrected chi connectivity index (χ2v) is 3.14. The Morgan fingerprint density at radius 3 is 2.78 bits per heavy atom. The molecule has 0 aromatic carbocycles. The Morgan fingerprint density at radius 2 is 2.44 bits per heavy atom. The van der Waals surface area contributed by atoms with Crippen LogP contribution in [0.4, 0.5) is 0 Å². The molecule has 0 saturated heterocycles. The predicted octanol–water partition coefficient (Wildman–Crippen LogP) is 1.41. The van der Waals surface area contributed by atoms with Crippen molar-refractivity contribution < 1.29 is 0 Å². The van der Waals surface area contributed by atoms with Crippen molar-refractivity contribution in [2.75, 3.05) is 5.75 Å². The van der Waals surface area contributed by atoms with Crippen molar-refractivity contribution in [2.24, 2.45) is 17.6 Å². The van der Waals surface area contributed by atoms with Crippen LogP contribution in [0.1, 0.15) is 12.8 Å². The molecule has 1 nitrogen and oxygen atoms in total. The van der Waals surface area contributed by atoms with Crippen LogP contribution >= 0.6 is 12.6 Å². The first-order valence-corrected chi connectivity index (χ1v) is 3.94. The molecule has 0 spiro atoms. The van der Waals surface area contributed by atoms with Crippen LogP contribution in [0.2, 0.25) is 0 Å². The zero-order chi connectivity index (χ0) is 6.85. The fourth-order valence-corrected chi connectivity index (χ4v) is 1.52. The Kier molecular flexibility index (Phi) is 2.06. The highest BCUT2D eigenvalue weighted by Crippen LogP contribution is 2.44. The molecular weight excluding hydrogens is 130 g/mol. The molecule has 0 aliphatic heterocycles. The highest BCUT2D eigenvalue weighted by molar-refractivity contribution is 7.80. The van der Waals surface area contributed by atoms with E-state index in [1.165, 1.54) is 12.8 Å². The Hall–Kier alpha value is -0.110. The summed E-state index contributed by atoms with van der Waals surface area (Å²) in [6, 6.07) is 0. The zero-order valence-electron chi connectivity index (χ0n) is 5.51. The molecule has 1 unspecified atom stereocenters. The summed E-state index contributed by atoms with van der Waals surface area (Å²) in [4.78, 5) is 0. The quantitative estimate of drug-likeness (QED) is 0.574. The lowest BCUT2D eigenvalue weighted by molar-refractivity contribution is 0.742. The third-order valence-electron chi connectivity index (χ3n) is 1.90. The Balaban J connectivity index is 2.17. The molecule has 1 aliphatic carbocycles. The molecule has 2 N–H and O–H groups in total. The fraction of sp³-hybridized carbons (Fsp3) is 0.714. The number of rotatable bonds is 3. The summed E-state index contributed by atoms with van der Waals surface area (Å²) in [6.45, 7) is 3.70. The van der Waals surface area contributed by atoms with Gasteiger partial charge >= 0.3 is 0 Å². The summed E-state index contributed by atoms with van der Waals surface area (Å²) in [7, 11) is 0. The molecule has 1 saturated carbocycles. The molecule has 1 fully saturated rings. The Labute approximate surface area is 61.7 Å². The average Bonchev–Trinajstić information content (AvgIpc) is 2.47. The first-order valence-electron chi connectivity index (χ1n) is 3.31. The molecule has 2 heteroatoms. The summed E-state index contributed by atoms with van der Waals surface area (Å²) in [5.41, 5.74) is 6.36. The van der Waals surface area contributed by atoms with E-state index in [-0.39, 0.29) is 0 Å². The zero-order valence-corrected chi connectivity index (χ0v) is 6.40. The molecular formula is C7H13NS. The van der Waals surface area contributed by atoms with Crippen molar-refractivity contribution in [1.29, 1.82) is 0 Å². The molecule has 52 valence electrons. The summed E-state index contributed by atoms with van der Waals surface area (Å²) in [5, 5.41) is 0. The van der Waals surface area contributed by atoms with E-state index < -0.39 is 0 Å². The van der Waals surface area contributed by atoms with Crippen LogP contribution < -0.4 is 5.73 Å². The largest absolute Gasteiger partial charge is 0.402 e. The Bertz CT molecular complexity index is 122. The van der Waals surface area contributed by atoms with Crippen LogP contribution in [0.25, 0.3) is 0 Å². The van der Waals surface area contributed by atoms with Crippen molar-refractivity contribution in [3.05, 3.63) is 12.3 Å². The van der Waals surface area contributed by atoms with Gasteiger partial charge in [-0.25, -0.2) is 0 Å². The predicted molar refractivity (Wildman–Crippen MR) is 43.4 cm³/mol. The first-order chi connectivity index (χ1) is 4.25. The van der Waals surface area contributed by atoms with Crippen molar-refractivity contribution in [3.63, 3.8) is 0 Å². The average molecular weight is 143 g/mol. The van der Waals surface area contributed by atoms with Gasteiger partial charge < -0.3 is 5.73 Å². The molecule has 1 rings (SSSR count). The first kappa shape index (κ1) is 7.00. The van der Waals surface area contributed by atoms with Crippen molar-refractivity contribution in [3.8, 4) is 0 Å². The van der Waals surface area contributed by atoms with Gasteiger partial charge in [0.15, 0.2) is 0 Å². The van der Waals surface area contributed by atoms with E-state index in [0.717, 1.165) is 17.4 Å². The number of thiol groups is 1. The van der Waals surface area contributed by atoms with Crippen LogP contribution in [-0.4, -0.2) is 5.75 Å². The van der Waals surface area contributed by atoms with Gasteiger partial charge in [-0.15, -0.1) is 0 Å². The van der Waals surface area contributed by atoms with Crippen LogP contribution in [0, 0.1) is 11.8 Å². The molecule has 0 radical (unpaired) electrons.